The molecule has 0 aliphatic heterocycles. The van der Waals surface area contributed by atoms with Gasteiger partial charge in [0.1, 0.15) is 5.75 Å². The van der Waals surface area contributed by atoms with E-state index in [1.54, 1.807) is 19.1 Å². The number of hydrogen-bond acceptors (Lipinski definition) is 4. The Kier molecular flexibility index (Phi) is 6.03. The highest BCUT2D eigenvalue weighted by molar-refractivity contribution is 7.92. The normalized spacial score (nSPS) is 11.0. The molecule has 0 aliphatic rings. The number of methoxy groups -OCH3 is 1. The minimum absolute atomic E-state index is 0.00544. The van der Waals surface area contributed by atoms with Gasteiger partial charge < -0.3 is 10.1 Å². The Labute approximate surface area is 148 Å². The van der Waals surface area contributed by atoms with Gasteiger partial charge in [-0.3, -0.25) is 9.52 Å². The van der Waals surface area contributed by atoms with Gasteiger partial charge in [-0.05, 0) is 49.2 Å². The number of benzene rings is 2. The molecule has 7 heteroatoms. The lowest BCUT2D eigenvalue weighted by molar-refractivity contribution is 0.0952. The van der Waals surface area contributed by atoms with Crippen molar-refractivity contribution in [3.8, 4) is 5.75 Å². The van der Waals surface area contributed by atoms with Crippen LogP contribution in [0, 0.1) is 0 Å². The standard InChI is InChI=1S/C18H22N2O4S/c1-4-13-6-8-14(9-7-13)20-25(22,23)15-10-11-17(24-3)16(12-15)18(21)19-5-2/h6-12,20H,4-5H2,1-3H3,(H,19,21). The van der Waals surface area contributed by atoms with Crippen molar-refractivity contribution in [3.05, 3.63) is 53.6 Å². The van der Waals surface area contributed by atoms with Crippen molar-refractivity contribution in [3.63, 3.8) is 0 Å². The highest BCUT2D eigenvalue weighted by Gasteiger charge is 2.19. The largest absolute Gasteiger partial charge is 0.496 e. The van der Waals surface area contributed by atoms with Gasteiger partial charge in [0.25, 0.3) is 15.9 Å². The lowest BCUT2D eigenvalue weighted by Crippen LogP contribution is -2.24. The minimum atomic E-state index is -3.81. The van der Waals surface area contributed by atoms with E-state index in [-0.39, 0.29) is 16.4 Å². The van der Waals surface area contributed by atoms with Crippen molar-refractivity contribution < 1.29 is 17.9 Å². The molecule has 6 nitrogen and oxygen atoms in total. The third kappa shape index (κ3) is 4.51. The van der Waals surface area contributed by atoms with Gasteiger partial charge in [-0.15, -0.1) is 0 Å². The smallest absolute Gasteiger partial charge is 0.261 e. The van der Waals surface area contributed by atoms with E-state index in [1.807, 2.05) is 19.1 Å². The minimum Gasteiger partial charge on any atom is -0.496 e. The van der Waals surface area contributed by atoms with Gasteiger partial charge in [-0.2, -0.15) is 0 Å². The van der Waals surface area contributed by atoms with Crippen LogP contribution in [0.4, 0.5) is 5.69 Å². The number of aryl methyl sites for hydroxylation is 1. The van der Waals surface area contributed by atoms with E-state index >= 15 is 0 Å². The second kappa shape index (κ2) is 8.02. The molecule has 0 heterocycles. The van der Waals surface area contributed by atoms with Gasteiger partial charge in [0, 0.05) is 12.2 Å². The summed E-state index contributed by atoms with van der Waals surface area (Å²) in [6.07, 6.45) is 0.876. The molecule has 0 saturated heterocycles. The monoisotopic (exact) mass is 362 g/mol. The number of carbonyl (C=O) groups excluding carboxylic acids is 1. The molecule has 0 radical (unpaired) electrons. The number of carbonyl (C=O) groups is 1. The maximum absolute atomic E-state index is 12.6. The highest BCUT2D eigenvalue weighted by Crippen LogP contribution is 2.24. The average Bonchev–Trinajstić information content (AvgIpc) is 2.61. The van der Waals surface area contributed by atoms with Crippen LogP contribution in [-0.4, -0.2) is 28.0 Å². The van der Waals surface area contributed by atoms with Gasteiger partial charge in [-0.1, -0.05) is 19.1 Å². The molecule has 0 aromatic heterocycles. The number of amides is 1. The predicted octanol–water partition coefficient (Wildman–Crippen LogP) is 2.81. The zero-order chi connectivity index (χ0) is 18.4. The number of anilines is 1. The molecule has 25 heavy (non-hydrogen) atoms. The van der Waals surface area contributed by atoms with Crippen molar-refractivity contribution in [2.24, 2.45) is 0 Å². The molecular formula is C18H22N2O4S. The molecule has 2 rings (SSSR count). The Bertz CT molecular complexity index is 846. The maximum Gasteiger partial charge on any atom is 0.261 e. The molecule has 0 fully saturated rings. The first-order valence-electron chi connectivity index (χ1n) is 7.99. The van der Waals surface area contributed by atoms with Crippen molar-refractivity contribution in [1.29, 1.82) is 0 Å². The molecule has 134 valence electrons. The van der Waals surface area contributed by atoms with E-state index in [2.05, 4.69) is 10.0 Å². The lowest BCUT2D eigenvalue weighted by Gasteiger charge is -2.12. The second-order valence-electron chi connectivity index (χ2n) is 5.38. The van der Waals surface area contributed by atoms with Crippen molar-refractivity contribution >= 4 is 21.6 Å². The first-order chi connectivity index (χ1) is 11.9. The van der Waals surface area contributed by atoms with Crippen LogP contribution >= 0.6 is 0 Å². The molecule has 0 saturated carbocycles. The molecule has 2 aromatic rings. The number of ether oxygens (including phenoxy) is 1. The van der Waals surface area contributed by atoms with Crippen LogP contribution in [-0.2, 0) is 16.4 Å². The number of nitrogens with one attached hydrogen (secondary N) is 2. The summed E-state index contributed by atoms with van der Waals surface area (Å²) in [6.45, 7) is 4.24. The first kappa shape index (κ1) is 18.8. The average molecular weight is 362 g/mol. The number of hydrogen-bond donors (Lipinski definition) is 2. The first-order valence-corrected chi connectivity index (χ1v) is 9.47. The zero-order valence-corrected chi connectivity index (χ0v) is 15.3. The molecular weight excluding hydrogens is 340 g/mol. The van der Waals surface area contributed by atoms with E-state index < -0.39 is 10.0 Å². The van der Waals surface area contributed by atoms with Crippen LogP contribution in [0.15, 0.2) is 47.4 Å². The van der Waals surface area contributed by atoms with Crippen molar-refractivity contribution in [2.75, 3.05) is 18.4 Å². The summed E-state index contributed by atoms with van der Waals surface area (Å²) in [6, 6.07) is 11.4. The number of rotatable bonds is 7. The summed E-state index contributed by atoms with van der Waals surface area (Å²) in [5, 5.41) is 2.64. The SMILES string of the molecule is CCNC(=O)c1cc(S(=O)(=O)Nc2ccc(CC)cc2)ccc1OC. The fourth-order valence-corrected chi connectivity index (χ4v) is 3.39. The van der Waals surface area contributed by atoms with E-state index in [9.17, 15) is 13.2 Å². The molecule has 2 N–H and O–H groups in total. The second-order valence-corrected chi connectivity index (χ2v) is 7.06. The third-order valence-electron chi connectivity index (χ3n) is 3.68. The molecule has 0 unspecified atom stereocenters. The Morgan fingerprint density at radius 3 is 2.32 bits per heavy atom. The summed E-state index contributed by atoms with van der Waals surface area (Å²) in [5.41, 5.74) is 1.76. The van der Waals surface area contributed by atoms with Gasteiger partial charge in [-0.25, -0.2) is 8.42 Å². The predicted molar refractivity (Wildman–Crippen MR) is 97.6 cm³/mol. The van der Waals surface area contributed by atoms with Gasteiger partial charge in [0.05, 0.1) is 17.6 Å². The van der Waals surface area contributed by atoms with Crippen LogP contribution in [0.1, 0.15) is 29.8 Å². The van der Waals surface area contributed by atoms with E-state index in [1.165, 1.54) is 25.3 Å². The molecule has 0 atom stereocenters. The lowest BCUT2D eigenvalue weighted by atomic mass is 10.2. The fourth-order valence-electron chi connectivity index (χ4n) is 2.31. The summed E-state index contributed by atoms with van der Waals surface area (Å²) in [7, 11) is -2.38. The van der Waals surface area contributed by atoms with E-state index in [4.69, 9.17) is 4.74 Å². The van der Waals surface area contributed by atoms with E-state index in [0.29, 0.717) is 18.0 Å². The van der Waals surface area contributed by atoms with Crippen molar-refractivity contribution in [2.45, 2.75) is 25.2 Å². The molecule has 2 aromatic carbocycles. The maximum atomic E-state index is 12.6. The van der Waals surface area contributed by atoms with Crippen LogP contribution in [0.3, 0.4) is 0 Å². The summed E-state index contributed by atoms with van der Waals surface area (Å²) >= 11 is 0. The summed E-state index contributed by atoms with van der Waals surface area (Å²) < 4.78 is 32.9. The Balaban J connectivity index is 2.34. The van der Waals surface area contributed by atoms with Crippen molar-refractivity contribution in [1.82, 2.24) is 5.32 Å². The Hall–Kier alpha value is -2.54. The highest BCUT2D eigenvalue weighted by atomic mass is 32.2. The topological polar surface area (TPSA) is 84.5 Å². The molecule has 0 bridgehead atoms. The molecule has 0 spiro atoms. The third-order valence-corrected chi connectivity index (χ3v) is 5.06. The van der Waals surface area contributed by atoms with Gasteiger partial charge >= 0.3 is 0 Å². The van der Waals surface area contributed by atoms with E-state index in [0.717, 1.165) is 12.0 Å². The zero-order valence-electron chi connectivity index (χ0n) is 14.5. The van der Waals surface area contributed by atoms with Crippen LogP contribution < -0.4 is 14.8 Å². The Morgan fingerprint density at radius 2 is 1.76 bits per heavy atom. The van der Waals surface area contributed by atoms with Gasteiger partial charge in [0.15, 0.2) is 0 Å². The van der Waals surface area contributed by atoms with Crippen LogP contribution in [0.2, 0.25) is 0 Å². The van der Waals surface area contributed by atoms with Crippen LogP contribution in [0.5, 0.6) is 5.75 Å². The summed E-state index contributed by atoms with van der Waals surface area (Å²) in [5.74, 6) is -0.0686. The Morgan fingerprint density at radius 1 is 1.08 bits per heavy atom. The quantitative estimate of drug-likeness (QED) is 0.793. The summed E-state index contributed by atoms with van der Waals surface area (Å²) in [4.78, 5) is 12.1. The van der Waals surface area contributed by atoms with Crippen LogP contribution in [0.25, 0.3) is 0 Å². The van der Waals surface area contributed by atoms with Gasteiger partial charge in [0.2, 0.25) is 0 Å². The molecule has 0 aliphatic carbocycles. The fraction of sp³-hybridized carbons (Fsp3) is 0.278. The molecule has 1 amide bonds. The number of sulfonamides is 1.